The quantitative estimate of drug-likeness (QED) is 0.811. The van der Waals surface area contributed by atoms with E-state index in [1.807, 2.05) is 6.07 Å². The molecule has 3 rings (SSSR count). The van der Waals surface area contributed by atoms with Gasteiger partial charge in [0.25, 0.3) is 0 Å². The van der Waals surface area contributed by atoms with Crippen LogP contribution in [0.3, 0.4) is 0 Å². The Balaban J connectivity index is 2.00. The fraction of sp³-hybridized carbons (Fsp3) is 0.647. The molecule has 2 atom stereocenters. The van der Waals surface area contributed by atoms with Crippen molar-refractivity contribution >= 4 is 0 Å². The van der Waals surface area contributed by atoms with E-state index in [1.54, 1.807) is 0 Å². The molecule has 1 saturated heterocycles. The maximum absolute atomic E-state index is 10.9. The normalized spacial score (nSPS) is 28.8. The Hall–Kier alpha value is -1.10. The smallest absolute Gasteiger partial charge is 0.240 e. The molecule has 2 heterocycles. The van der Waals surface area contributed by atoms with Gasteiger partial charge in [0.15, 0.2) is 0 Å². The van der Waals surface area contributed by atoms with Gasteiger partial charge in [-0.05, 0) is 44.9 Å². The second-order valence-electron chi connectivity index (χ2n) is 6.99. The third-order valence-electron chi connectivity index (χ3n) is 4.90. The minimum atomic E-state index is -0.498. The number of hydrogen-bond donors (Lipinski definition) is 2. The lowest BCUT2D eigenvalue weighted by atomic mass is 9.76. The summed E-state index contributed by atoms with van der Waals surface area (Å²) in [5.41, 5.74) is 2.92. The third kappa shape index (κ3) is 2.45. The lowest BCUT2D eigenvalue weighted by Crippen LogP contribution is -3.20. The molecule has 0 saturated carbocycles. The molecule has 0 aliphatic carbocycles. The largest absolute Gasteiger partial charge is 0.442 e. The summed E-state index contributed by atoms with van der Waals surface area (Å²) in [6, 6.07) is 4.16. The van der Waals surface area contributed by atoms with Gasteiger partial charge in [-0.15, -0.1) is 0 Å². The van der Waals surface area contributed by atoms with Crippen LogP contribution in [0.5, 0.6) is 5.75 Å². The predicted octanol–water partition coefficient (Wildman–Crippen LogP) is 0.997. The van der Waals surface area contributed by atoms with Gasteiger partial charge in [0, 0.05) is 5.56 Å². The van der Waals surface area contributed by atoms with Gasteiger partial charge in [0.2, 0.25) is 6.23 Å². The number of aliphatic hydroxyl groups is 1. The molecule has 1 aromatic carbocycles. The lowest BCUT2D eigenvalue weighted by molar-refractivity contribution is -0.960. The number of aliphatic hydroxyl groups excluding tert-OH is 1. The average molecular weight is 292 g/mol. The van der Waals surface area contributed by atoms with Crippen LogP contribution in [-0.2, 0) is 4.74 Å². The standard InChI is InChI=1S/C17H25NO3/c1-11-9-12(2)14-13(10-11)21-16(17(3,4)15(14)19)18-5-7-20-8-6-18/h9-10,15-16,19H,5-8H2,1-4H3/p+1/t15-,16+/m1/s1. The van der Waals surface area contributed by atoms with Crippen molar-refractivity contribution in [3.63, 3.8) is 0 Å². The molecule has 2 N–H and O–H groups in total. The van der Waals surface area contributed by atoms with Crippen LogP contribution in [0.15, 0.2) is 12.1 Å². The Morgan fingerprint density at radius 3 is 2.52 bits per heavy atom. The molecule has 0 radical (unpaired) electrons. The van der Waals surface area contributed by atoms with E-state index in [-0.39, 0.29) is 11.6 Å². The van der Waals surface area contributed by atoms with E-state index in [9.17, 15) is 5.11 Å². The summed E-state index contributed by atoms with van der Waals surface area (Å²) in [5, 5.41) is 10.9. The Labute approximate surface area is 126 Å². The summed E-state index contributed by atoms with van der Waals surface area (Å²) in [6.45, 7) is 11.7. The topological polar surface area (TPSA) is 43.1 Å². The summed E-state index contributed by atoms with van der Waals surface area (Å²) in [6.07, 6.45) is -0.535. The van der Waals surface area contributed by atoms with Crippen molar-refractivity contribution in [2.75, 3.05) is 26.3 Å². The third-order valence-corrected chi connectivity index (χ3v) is 4.90. The molecule has 1 fully saturated rings. The zero-order chi connectivity index (χ0) is 15.2. The fourth-order valence-electron chi connectivity index (χ4n) is 3.69. The van der Waals surface area contributed by atoms with Crippen LogP contribution >= 0.6 is 0 Å². The summed E-state index contributed by atoms with van der Waals surface area (Å²) in [4.78, 5) is 1.37. The molecule has 116 valence electrons. The first kappa shape index (κ1) is 14.8. The van der Waals surface area contributed by atoms with Gasteiger partial charge < -0.3 is 14.6 Å². The molecule has 4 heteroatoms. The van der Waals surface area contributed by atoms with Crippen molar-refractivity contribution in [2.45, 2.75) is 40.0 Å². The number of hydrogen-bond acceptors (Lipinski definition) is 3. The van der Waals surface area contributed by atoms with Crippen molar-refractivity contribution < 1.29 is 19.5 Å². The minimum absolute atomic E-state index is 0.0369. The fourth-order valence-corrected chi connectivity index (χ4v) is 3.69. The molecule has 2 aliphatic heterocycles. The SMILES string of the molecule is Cc1cc(C)c2c(c1)O[C@H]([NH+]1CCOCC1)C(C)(C)[C@@H]2O. The molecule has 21 heavy (non-hydrogen) atoms. The van der Waals surface area contributed by atoms with Gasteiger partial charge in [0.05, 0.1) is 24.7 Å². The Morgan fingerprint density at radius 1 is 1.19 bits per heavy atom. The summed E-state index contributed by atoms with van der Waals surface area (Å²) < 4.78 is 11.8. The van der Waals surface area contributed by atoms with Crippen molar-refractivity contribution in [3.05, 3.63) is 28.8 Å². The van der Waals surface area contributed by atoms with Crippen molar-refractivity contribution in [1.29, 1.82) is 0 Å². The number of ether oxygens (including phenoxy) is 2. The monoisotopic (exact) mass is 292 g/mol. The van der Waals surface area contributed by atoms with Crippen LogP contribution in [-0.4, -0.2) is 37.6 Å². The van der Waals surface area contributed by atoms with E-state index in [1.165, 1.54) is 10.5 Å². The highest BCUT2D eigenvalue weighted by atomic mass is 16.5. The second-order valence-corrected chi connectivity index (χ2v) is 6.99. The Kier molecular flexibility index (Phi) is 3.72. The zero-order valence-corrected chi connectivity index (χ0v) is 13.4. The van der Waals surface area contributed by atoms with Crippen LogP contribution in [0.25, 0.3) is 0 Å². The molecular formula is C17H26NO3+. The molecular weight excluding hydrogens is 266 g/mol. The van der Waals surface area contributed by atoms with E-state index >= 15 is 0 Å². The number of fused-ring (bicyclic) bond motifs is 1. The molecule has 0 unspecified atom stereocenters. The minimum Gasteiger partial charge on any atom is -0.442 e. The van der Waals surface area contributed by atoms with Crippen LogP contribution in [0.4, 0.5) is 0 Å². The molecule has 4 nitrogen and oxygen atoms in total. The summed E-state index contributed by atoms with van der Waals surface area (Å²) in [7, 11) is 0. The Bertz CT molecular complexity index is 535. The molecule has 2 aliphatic rings. The zero-order valence-electron chi connectivity index (χ0n) is 13.4. The van der Waals surface area contributed by atoms with Crippen LogP contribution in [0.1, 0.15) is 36.6 Å². The van der Waals surface area contributed by atoms with Gasteiger partial charge in [0.1, 0.15) is 18.8 Å². The first-order valence-corrected chi connectivity index (χ1v) is 7.79. The van der Waals surface area contributed by atoms with Gasteiger partial charge >= 0.3 is 0 Å². The van der Waals surface area contributed by atoms with Gasteiger partial charge in [-0.3, -0.25) is 4.90 Å². The van der Waals surface area contributed by atoms with E-state index in [2.05, 4.69) is 33.8 Å². The molecule has 1 aromatic rings. The van der Waals surface area contributed by atoms with Crippen LogP contribution in [0.2, 0.25) is 0 Å². The number of nitrogens with one attached hydrogen (secondary N) is 1. The first-order valence-electron chi connectivity index (χ1n) is 7.79. The molecule has 0 aromatic heterocycles. The molecule has 0 spiro atoms. The summed E-state index contributed by atoms with van der Waals surface area (Å²) in [5.74, 6) is 0.850. The first-order chi connectivity index (χ1) is 9.91. The van der Waals surface area contributed by atoms with E-state index in [0.29, 0.717) is 0 Å². The lowest BCUT2D eigenvalue weighted by Gasteiger charge is -2.46. The highest BCUT2D eigenvalue weighted by Gasteiger charge is 2.50. The Morgan fingerprint density at radius 2 is 1.86 bits per heavy atom. The van der Waals surface area contributed by atoms with Crippen LogP contribution in [0, 0.1) is 19.3 Å². The highest BCUT2D eigenvalue weighted by Crippen LogP contribution is 2.46. The second kappa shape index (κ2) is 5.27. The van der Waals surface area contributed by atoms with Crippen LogP contribution < -0.4 is 9.64 Å². The molecule has 0 amide bonds. The predicted molar refractivity (Wildman–Crippen MR) is 80.6 cm³/mol. The average Bonchev–Trinajstić information content (AvgIpc) is 2.43. The number of rotatable bonds is 1. The van der Waals surface area contributed by atoms with E-state index < -0.39 is 6.10 Å². The number of morpholine rings is 1. The maximum Gasteiger partial charge on any atom is 0.240 e. The van der Waals surface area contributed by atoms with Gasteiger partial charge in [-0.1, -0.05) is 6.07 Å². The summed E-state index contributed by atoms with van der Waals surface area (Å²) >= 11 is 0. The molecule has 0 bridgehead atoms. The van der Waals surface area contributed by atoms with E-state index in [4.69, 9.17) is 9.47 Å². The number of benzene rings is 1. The van der Waals surface area contributed by atoms with Gasteiger partial charge in [-0.2, -0.15) is 0 Å². The maximum atomic E-state index is 10.9. The van der Waals surface area contributed by atoms with Crippen molar-refractivity contribution in [2.24, 2.45) is 5.41 Å². The number of aryl methyl sites for hydroxylation is 2. The highest BCUT2D eigenvalue weighted by molar-refractivity contribution is 5.46. The number of quaternary nitrogens is 1. The van der Waals surface area contributed by atoms with E-state index in [0.717, 1.165) is 43.2 Å². The van der Waals surface area contributed by atoms with Crippen molar-refractivity contribution in [1.82, 2.24) is 0 Å². The van der Waals surface area contributed by atoms with Crippen molar-refractivity contribution in [3.8, 4) is 5.75 Å². The van der Waals surface area contributed by atoms with Gasteiger partial charge in [-0.25, -0.2) is 0 Å².